The average molecular weight is 769 g/mol. The molecule has 5 atom stereocenters. The summed E-state index contributed by atoms with van der Waals surface area (Å²) in [5, 5.41) is 11.8. The molecule has 3 aromatic carbocycles. The number of likely N-dealkylation sites (N-methyl/N-ethyl adjacent to an activating group) is 1. The van der Waals surface area contributed by atoms with Crippen molar-refractivity contribution in [1.29, 1.82) is 0 Å². The molecule has 4 N–H and O–H groups in total. The number of nitrogens with one attached hydrogen (secondary N) is 3. The second-order valence-electron chi connectivity index (χ2n) is 15.5. The summed E-state index contributed by atoms with van der Waals surface area (Å²) in [6.07, 6.45) is 8.38. The maximum atomic E-state index is 14.2. The quantitative estimate of drug-likeness (QED) is 0.101. The van der Waals surface area contributed by atoms with Gasteiger partial charge in [0.2, 0.25) is 11.8 Å². The molecule has 4 heterocycles. The van der Waals surface area contributed by atoms with E-state index in [1.807, 2.05) is 40.4 Å². The molecule has 3 amide bonds. The van der Waals surface area contributed by atoms with E-state index in [4.69, 9.17) is 9.97 Å². The third-order valence-corrected chi connectivity index (χ3v) is 12.3. The number of imidazole rings is 2. The molecule has 1 aliphatic carbocycles. The highest BCUT2D eigenvalue weighted by atomic mass is 16.4. The number of aromatic amines is 2. The fraction of sp³-hybridized carbons (Fsp3) is 0.400. The lowest BCUT2D eigenvalue weighted by atomic mass is 10.0. The van der Waals surface area contributed by atoms with Crippen molar-refractivity contribution < 1.29 is 19.5 Å². The first-order valence-electron chi connectivity index (χ1n) is 20.5. The summed E-state index contributed by atoms with van der Waals surface area (Å²) in [4.78, 5) is 61.8. The molecule has 8 rings (SSSR count). The zero-order valence-electron chi connectivity index (χ0n) is 32.7. The van der Waals surface area contributed by atoms with Gasteiger partial charge >= 0.3 is 6.09 Å². The molecule has 2 saturated heterocycles. The Balaban J connectivity index is 0.922. The van der Waals surface area contributed by atoms with Crippen LogP contribution in [0.5, 0.6) is 0 Å². The number of hydrogen-bond acceptors (Lipinski definition) is 6. The summed E-state index contributed by atoms with van der Waals surface area (Å²) < 4.78 is 0. The fourth-order valence-corrected chi connectivity index (χ4v) is 9.31. The first kappa shape index (κ1) is 38.1. The smallest absolute Gasteiger partial charge is 0.404 e. The van der Waals surface area contributed by atoms with E-state index in [0.29, 0.717) is 19.4 Å². The van der Waals surface area contributed by atoms with Crippen LogP contribution in [0.2, 0.25) is 0 Å². The lowest BCUT2D eigenvalue weighted by Crippen LogP contribution is -2.45. The van der Waals surface area contributed by atoms with E-state index in [1.54, 1.807) is 0 Å². The summed E-state index contributed by atoms with van der Waals surface area (Å²) >= 11 is 0. The van der Waals surface area contributed by atoms with Gasteiger partial charge in [-0.05, 0) is 79.4 Å². The Kier molecular flexibility index (Phi) is 11.2. The van der Waals surface area contributed by atoms with Crippen molar-refractivity contribution in [3.05, 3.63) is 108 Å². The number of aromatic nitrogens is 4. The van der Waals surface area contributed by atoms with Crippen LogP contribution < -0.4 is 5.32 Å². The monoisotopic (exact) mass is 768 g/mol. The van der Waals surface area contributed by atoms with Crippen molar-refractivity contribution >= 4 is 17.9 Å². The maximum absolute atomic E-state index is 14.2. The number of benzene rings is 3. The molecule has 12 heteroatoms. The van der Waals surface area contributed by atoms with E-state index in [9.17, 15) is 19.5 Å². The SMILES string of the molecule is CCN(CC)C(C(=O)N1CCCC1c1ncc(-c2ccc(-c3ccc(-c4cnc(C5CCCN5C(=O)[C@H]5CCC[C@@H]5NC(=O)O)[nH]4)cc3)cc2)[nH]1)c1ccccc1. The van der Waals surface area contributed by atoms with Crippen LogP contribution in [0.4, 0.5) is 4.79 Å². The van der Waals surface area contributed by atoms with Crippen molar-refractivity contribution in [2.45, 2.75) is 83.0 Å². The highest BCUT2D eigenvalue weighted by Gasteiger charge is 2.41. The topological polar surface area (TPSA) is 151 Å². The van der Waals surface area contributed by atoms with Crippen LogP contribution >= 0.6 is 0 Å². The number of H-pyrrole nitrogens is 2. The molecular formula is C45H52N8O4. The fourth-order valence-electron chi connectivity index (χ4n) is 9.31. The first-order valence-corrected chi connectivity index (χ1v) is 20.5. The van der Waals surface area contributed by atoms with Gasteiger partial charge in [-0.2, -0.15) is 0 Å². The first-order chi connectivity index (χ1) is 27.8. The van der Waals surface area contributed by atoms with Gasteiger partial charge < -0.3 is 30.2 Å². The summed E-state index contributed by atoms with van der Waals surface area (Å²) in [5.41, 5.74) is 7.05. The van der Waals surface area contributed by atoms with Crippen LogP contribution in [0, 0.1) is 5.92 Å². The zero-order valence-corrected chi connectivity index (χ0v) is 32.7. The second kappa shape index (κ2) is 16.8. The normalized spacial score (nSPS) is 21.3. The number of likely N-dealkylation sites (tertiary alicyclic amines) is 2. The third kappa shape index (κ3) is 7.83. The van der Waals surface area contributed by atoms with Gasteiger partial charge in [-0.25, -0.2) is 14.8 Å². The number of hydrogen-bond donors (Lipinski definition) is 4. The Morgan fingerprint density at radius 1 is 0.719 bits per heavy atom. The van der Waals surface area contributed by atoms with Gasteiger partial charge in [-0.3, -0.25) is 14.5 Å². The minimum Gasteiger partial charge on any atom is -0.465 e. The third-order valence-electron chi connectivity index (χ3n) is 12.3. The number of nitrogens with zero attached hydrogens (tertiary/aromatic N) is 5. The molecule has 3 aliphatic rings. The van der Waals surface area contributed by atoms with Crippen molar-refractivity contribution in [3.63, 3.8) is 0 Å². The van der Waals surface area contributed by atoms with E-state index in [0.717, 1.165) is 103 Å². The summed E-state index contributed by atoms with van der Waals surface area (Å²) in [6, 6.07) is 26.0. The summed E-state index contributed by atoms with van der Waals surface area (Å²) in [6.45, 7) is 7.17. The van der Waals surface area contributed by atoms with Crippen LogP contribution in [0.25, 0.3) is 33.6 Å². The minimum atomic E-state index is -1.08. The maximum Gasteiger partial charge on any atom is 0.404 e. The average Bonchev–Trinajstić information content (AvgIpc) is 4.09. The van der Waals surface area contributed by atoms with Gasteiger partial charge in [0.15, 0.2) is 0 Å². The summed E-state index contributed by atoms with van der Waals surface area (Å²) in [5.74, 6) is 1.41. The molecular weight excluding hydrogens is 717 g/mol. The molecule has 57 heavy (non-hydrogen) atoms. The second-order valence-corrected chi connectivity index (χ2v) is 15.5. The van der Waals surface area contributed by atoms with Gasteiger partial charge in [-0.1, -0.05) is 99.1 Å². The Morgan fingerprint density at radius 2 is 1.25 bits per heavy atom. The van der Waals surface area contributed by atoms with E-state index >= 15 is 0 Å². The Bertz CT molecular complexity index is 2160. The number of carboxylic acid groups (broad SMARTS) is 1. The molecule has 0 radical (unpaired) electrons. The van der Waals surface area contributed by atoms with E-state index in [-0.39, 0.29) is 41.9 Å². The van der Waals surface area contributed by atoms with Crippen molar-refractivity contribution in [3.8, 4) is 33.6 Å². The molecule has 0 spiro atoms. The van der Waals surface area contributed by atoms with Crippen LogP contribution in [0.15, 0.2) is 91.3 Å². The lowest BCUT2D eigenvalue weighted by Gasteiger charge is -2.34. The Morgan fingerprint density at radius 3 is 1.79 bits per heavy atom. The molecule has 12 nitrogen and oxygen atoms in total. The number of amides is 3. The predicted molar refractivity (Wildman–Crippen MR) is 219 cm³/mol. The standard InChI is InChI=1S/C45H52N8O4/c1-3-51(4-2)40(33-11-6-5-7-12-33)44(55)53-26-10-16-39(53)42-47-28-37(49-42)32-23-19-30(20-24-32)29-17-21-31(22-18-29)36-27-46-41(48-36)38-15-9-25-52(38)43(54)34-13-8-14-35(34)50-45(56)57/h5-7,11-12,17-24,27-28,34-35,38-40,50H,3-4,8-10,13-16,25-26H2,1-2H3,(H,46,48)(H,47,49)(H,56,57)/t34-,35-,38?,39?,40?/m0/s1. The van der Waals surface area contributed by atoms with Crippen molar-refractivity contribution in [2.75, 3.05) is 26.2 Å². The molecule has 1 saturated carbocycles. The van der Waals surface area contributed by atoms with Gasteiger partial charge in [0.25, 0.3) is 0 Å². The number of rotatable bonds is 12. The zero-order chi connectivity index (χ0) is 39.5. The van der Waals surface area contributed by atoms with Crippen LogP contribution in [0.3, 0.4) is 0 Å². The lowest BCUT2D eigenvalue weighted by molar-refractivity contribution is -0.138. The van der Waals surface area contributed by atoms with Gasteiger partial charge in [-0.15, -0.1) is 0 Å². The number of carbonyl (C=O) groups excluding carboxylic acids is 2. The van der Waals surface area contributed by atoms with E-state index in [1.165, 1.54) is 0 Å². The van der Waals surface area contributed by atoms with Crippen molar-refractivity contribution in [2.24, 2.45) is 5.92 Å². The molecule has 2 aliphatic heterocycles. The van der Waals surface area contributed by atoms with Crippen LogP contribution in [-0.4, -0.2) is 89.9 Å². The van der Waals surface area contributed by atoms with E-state index in [2.05, 4.69) is 94.7 Å². The minimum absolute atomic E-state index is 0.0191. The molecule has 296 valence electrons. The number of carbonyl (C=O) groups is 3. The van der Waals surface area contributed by atoms with E-state index < -0.39 is 6.09 Å². The van der Waals surface area contributed by atoms with Crippen molar-refractivity contribution in [1.82, 2.24) is 40.0 Å². The highest BCUT2D eigenvalue weighted by molar-refractivity contribution is 5.84. The predicted octanol–water partition coefficient (Wildman–Crippen LogP) is 7.98. The Labute approximate surface area is 333 Å². The van der Waals surface area contributed by atoms with Gasteiger partial charge in [0, 0.05) is 19.1 Å². The van der Waals surface area contributed by atoms with Crippen LogP contribution in [0.1, 0.15) is 94.1 Å². The summed E-state index contributed by atoms with van der Waals surface area (Å²) in [7, 11) is 0. The largest absolute Gasteiger partial charge is 0.465 e. The van der Waals surface area contributed by atoms with Gasteiger partial charge in [0.1, 0.15) is 17.7 Å². The highest BCUT2D eigenvalue weighted by Crippen LogP contribution is 2.38. The molecule has 0 bridgehead atoms. The molecule has 3 fully saturated rings. The van der Waals surface area contributed by atoms with Crippen LogP contribution in [-0.2, 0) is 9.59 Å². The van der Waals surface area contributed by atoms with Gasteiger partial charge in [0.05, 0.1) is 41.8 Å². The molecule has 3 unspecified atom stereocenters. The molecule has 2 aromatic heterocycles. The Hall–Kier alpha value is -5.75. The molecule has 5 aromatic rings.